The lowest BCUT2D eigenvalue weighted by molar-refractivity contribution is 0.0730. The lowest BCUT2D eigenvalue weighted by Gasteiger charge is -2.26. The smallest absolute Gasteiger partial charge is 0.243 e. The Morgan fingerprint density at radius 3 is 2.56 bits per heavy atom. The van der Waals surface area contributed by atoms with Crippen LogP contribution < -0.4 is 10.6 Å². The highest BCUT2D eigenvalue weighted by Gasteiger charge is 2.26. The van der Waals surface area contributed by atoms with Crippen molar-refractivity contribution in [3.63, 3.8) is 0 Å². The average Bonchev–Trinajstić information content (AvgIpc) is 2.70. The molecule has 0 unspecified atom stereocenters. The van der Waals surface area contributed by atoms with Gasteiger partial charge in [0.1, 0.15) is 0 Å². The largest absolute Gasteiger partial charge is 0.379 e. The Hall–Kier alpha value is -1.48. The summed E-state index contributed by atoms with van der Waals surface area (Å²) in [5, 5.41) is 6.88. The fourth-order valence-electron chi connectivity index (χ4n) is 3.29. The van der Waals surface area contributed by atoms with Crippen molar-refractivity contribution in [1.82, 2.24) is 9.62 Å². The van der Waals surface area contributed by atoms with Crippen LogP contribution in [0.1, 0.15) is 32.1 Å². The number of nitrogens with one attached hydrogen (secondary N) is 2. The second-order valence-corrected chi connectivity index (χ2v) is 9.13. The van der Waals surface area contributed by atoms with Crippen molar-refractivity contribution in [2.45, 2.75) is 37.0 Å². The van der Waals surface area contributed by atoms with Crippen molar-refractivity contribution in [2.24, 2.45) is 0 Å². The molecule has 1 aromatic carbocycles. The second kappa shape index (κ2) is 9.64. The normalized spacial score (nSPS) is 18.6. The van der Waals surface area contributed by atoms with E-state index in [0.717, 1.165) is 18.7 Å². The van der Waals surface area contributed by atoms with E-state index in [-0.39, 0.29) is 4.90 Å². The van der Waals surface area contributed by atoms with Crippen molar-refractivity contribution < 1.29 is 13.2 Å². The molecule has 0 radical (unpaired) electrons. The van der Waals surface area contributed by atoms with E-state index in [9.17, 15) is 8.42 Å². The molecular weight excluding hydrogens is 382 g/mol. The number of rotatable bonds is 6. The zero-order valence-corrected chi connectivity index (χ0v) is 17.1. The average molecular weight is 410 g/mol. The molecule has 148 valence electrons. The minimum Gasteiger partial charge on any atom is -0.379 e. The Balaban J connectivity index is 1.49. The van der Waals surface area contributed by atoms with Crippen LogP contribution in [-0.2, 0) is 14.8 Å². The highest BCUT2D eigenvalue weighted by molar-refractivity contribution is 7.89. The summed E-state index contributed by atoms with van der Waals surface area (Å²) in [6.45, 7) is 2.48. The molecule has 2 N–H and O–H groups in total. The van der Waals surface area contributed by atoms with Gasteiger partial charge < -0.3 is 15.4 Å². The molecule has 1 aliphatic heterocycles. The quantitative estimate of drug-likeness (QED) is 0.556. The van der Waals surface area contributed by atoms with Gasteiger partial charge in [0.05, 0.1) is 18.1 Å². The van der Waals surface area contributed by atoms with Crippen LogP contribution in [0.4, 0.5) is 5.69 Å². The van der Waals surface area contributed by atoms with Gasteiger partial charge in [-0.2, -0.15) is 4.31 Å². The topological polar surface area (TPSA) is 70.7 Å². The van der Waals surface area contributed by atoms with Crippen molar-refractivity contribution in [3.05, 3.63) is 35.9 Å². The molecule has 6 nitrogen and oxygen atoms in total. The molecule has 0 aromatic heterocycles. The first-order valence-electron chi connectivity index (χ1n) is 9.46. The number of anilines is 1. The van der Waals surface area contributed by atoms with E-state index in [2.05, 4.69) is 16.7 Å². The lowest BCUT2D eigenvalue weighted by atomic mass is 9.97. The first kappa shape index (κ1) is 20.3. The van der Waals surface area contributed by atoms with E-state index in [4.69, 9.17) is 17.0 Å². The van der Waals surface area contributed by atoms with Crippen LogP contribution in [0.25, 0.3) is 0 Å². The highest BCUT2D eigenvalue weighted by atomic mass is 32.2. The molecule has 0 saturated carbocycles. The SMILES string of the molecule is O=S(=O)(c1ccc(NC(=S)NCCC2=CCCCC2)cc1)N1CCOCC1. The van der Waals surface area contributed by atoms with Crippen LogP contribution in [0.5, 0.6) is 0 Å². The van der Waals surface area contributed by atoms with Gasteiger partial charge in [-0.25, -0.2) is 8.42 Å². The van der Waals surface area contributed by atoms with E-state index in [1.807, 2.05) is 0 Å². The van der Waals surface area contributed by atoms with Crippen LogP contribution in [0.15, 0.2) is 40.8 Å². The molecule has 1 saturated heterocycles. The zero-order valence-electron chi connectivity index (χ0n) is 15.4. The van der Waals surface area contributed by atoms with Gasteiger partial charge in [0.15, 0.2) is 5.11 Å². The number of thiocarbonyl (C=S) groups is 1. The molecule has 1 aliphatic carbocycles. The minimum atomic E-state index is -3.46. The third-order valence-corrected chi connectivity index (χ3v) is 7.00. The molecule has 3 rings (SSSR count). The molecule has 0 bridgehead atoms. The maximum Gasteiger partial charge on any atom is 0.243 e. The first-order valence-corrected chi connectivity index (χ1v) is 11.3. The van der Waals surface area contributed by atoms with Crippen molar-refractivity contribution in [1.29, 1.82) is 0 Å². The van der Waals surface area contributed by atoms with E-state index < -0.39 is 10.0 Å². The number of ether oxygens (including phenoxy) is 1. The van der Waals surface area contributed by atoms with Gasteiger partial charge in [0.25, 0.3) is 0 Å². The summed E-state index contributed by atoms with van der Waals surface area (Å²) < 4.78 is 31.9. The van der Waals surface area contributed by atoms with E-state index >= 15 is 0 Å². The first-order chi connectivity index (χ1) is 13.1. The third-order valence-electron chi connectivity index (χ3n) is 4.84. The summed E-state index contributed by atoms with van der Waals surface area (Å²) in [4.78, 5) is 0.290. The fraction of sp³-hybridized carbons (Fsp3) is 0.526. The number of hydrogen-bond acceptors (Lipinski definition) is 4. The van der Waals surface area contributed by atoms with Crippen molar-refractivity contribution >= 4 is 33.0 Å². The molecule has 0 spiro atoms. The Labute approximate surface area is 167 Å². The lowest BCUT2D eigenvalue weighted by Crippen LogP contribution is -2.40. The number of morpholine rings is 1. The monoisotopic (exact) mass is 409 g/mol. The molecule has 8 heteroatoms. The van der Waals surface area contributed by atoms with Crippen LogP contribution in [0, 0.1) is 0 Å². The summed E-state index contributed by atoms with van der Waals surface area (Å²) in [5.74, 6) is 0. The van der Waals surface area contributed by atoms with Gasteiger partial charge in [-0.3, -0.25) is 0 Å². The van der Waals surface area contributed by atoms with Crippen molar-refractivity contribution in [2.75, 3.05) is 38.2 Å². The Morgan fingerprint density at radius 2 is 1.89 bits per heavy atom. The summed E-state index contributed by atoms with van der Waals surface area (Å²) >= 11 is 5.33. The van der Waals surface area contributed by atoms with Crippen LogP contribution >= 0.6 is 12.2 Å². The molecule has 2 aliphatic rings. The van der Waals surface area contributed by atoms with Gasteiger partial charge in [0, 0.05) is 25.3 Å². The second-order valence-electron chi connectivity index (χ2n) is 6.78. The van der Waals surface area contributed by atoms with Crippen LogP contribution in [-0.4, -0.2) is 50.7 Å². The van der Waals surface area contributed by atoms with E-state index in [1.54, 1.807) is 24.3 Å². The highest BCUT2D eigenvalue weighted by Crippen LogP contribution is 2.20. The molecule has 1 aromatic rings. The van der Waals surface area contributed by atoms with Crippen LogP contribution in [0.3, 0.4) is 0 Å². The summed E-state index contributed by atoms with van der Waals surface area (Å²) in [6.07, 6.45) is 8.33. The predicted octanol–water partition coefficient (Wildman–Crippen LogP) is 2.88. The third kappa shape index (κ3) is 5.75. The molecule has 1 heterocycles. The fourth-order valence-corrected chi connectivity index (χ4v) is 4.92. The zero-order chi connectivity index (χ0) is 19.1. The molecule has 0 amide bonds. The number of sulfonamides is 1. The Morgan fingerprint density at radius 1 is 1.15 bits per heavy atom. The number of nitrogens with zero attached hydrogens (tertiary/aromatic N) is 1. The molecule has 27 heavy (non-hydrogen) atoms. The number of allylic oxidation sites excluding steroid dienone is 1. The maximum atomic E-state index is 12.6. The number of hydrogen-bond donors (Lipinski definition) is 2. The molecular formula is C19H27N3O3S2. The van der Waals surface area contributed by atoms with Gasteiger partial charge in [-0.15, -0.1) is 0 Å². The van der Waals surface area contributed by atoms with Gasteiger partial charge >= 0.3 is 0 Å². The Bertz CT molecular complexity index is 770. The van der Waals surface area contributed by atoms with E-state index in [1.165, 1.54) is 35.6 Å². The van der Waals surface area contributed by atoms with E-state index in [0.29, 0.717) is 31.4 Å². The van der Waals surface area contributed by atoms with Gasteiger partial charge in [-0.1, -0.05) is 11.6 Å². The minimum absolute atomic E-state index is 0.290. The molecule has 1 fully saturated rings. The predicted molar refractivity (Wildman–Crippen MR) is 111 cm³/mol. The van der Waals surface area contributed by atoms with Gasteiger partial charge in [-0.05, 0) is 68.6 Å². The van der Waals surface area contributed by atoms with Crippen LogP contribution in [0.2, 0.25) is 0 Å². The summed E-state index contributed by atoms with van der Waals surface area (Å²) in [7, 11) is -3.46. The van der Waals surface area contributed by atoms with Gasteiger partial charge in [0.2, 0.25) is 10.0 Å². The molecule has 0 atom stereocenters. The standard InChI is InChI=1S/C19H27N3O3S2/c23-27(24,22-12-14-25-15-13-22)18-8-6-17(7-9-18)21-19(26)20-11-10-16-4-2-1-3-5-16/h4,6-9H,1-3,5,10-15H2,(H2,20,21,26). The van der Waals surface area contributed by atoms with Crippen molar-refractivity contribution in [3.8, 4) is 0 Å². The maximum absolute atomic E-state index is 12.6. The number of benzene rings is 1. The summed E-state index contributed by atoms with van der Waals surface area (Å²) in [6, 6.07) is 6.71. The summed E-state index contributed by atoms with van der Waals surface area (Å²) in [5.41, 5.74) is 2.28. The Kier molecular flexibility index (Phi) is 7.23.